The number of ether oxygens (including phenoxy) is 2. The average molecular weight is 411 g/mol. The van der Waals surface area contributed by atoms with E-state index >= 15 is 0 Å². The first kappa shape index (κ1) is 20.8. The first-order valence-corrected chi connectivity index (χ1v) is 9.72. The van der Waals surface area contributed by atoms with Crippen LogP contribution in [-0.2, 0) is 16.0 Å². The summed E-state index contributed by atoms with van der Waals surface area (Å²) in [4.78, 5) is 24.9. The summed E-state index contributed by atoms with van der Waals surface area (Å²) in [6.45, 7) is 8.30. The Hall–Kier alpha value is -2.46. The molecule has 2 N–H and O–H groups in total. The van der Waals surface area contributed by atoms with Crippen LogP contribution in [0.4, 0.5) is 10.8 Å². The fraction of sp³-hybridized carbons (Fsp3) is 0.412. The minimum Gasteiger partial charge on any atom is -0.462 e. The molecule has 0 saturated carbocycles. The SMILES string of the molecule is CCOC(=O)c1sc(NC(=S)Nc2ccn(CC)n2)c(C(=O)OCC)c1C. The number of aromatic nitrogens is 2. The number of nitrogens with one attached hydrogen (secondary N) is 2. The van der Waals surface area contributed by atoms with Crippen LogP contribution >= 0.6 is 23.6 Å². The topological polar surface area (TPSA) is 94.5 Å². The first-order chi connectivity index (χ1) is 12.9. The van der Waals surface area contributed by atoms with Gasteiger partial charge in [0.15, 0.2) is 10.9 Å². The Balaban J connectivity index is 2.27. The van der Waals surface area contributed by atoms with Gasteiger partial charge in [-0.2, -0.15) is 5.10 Å². The highest BCUT2D eigenvalue weighted by molar-refractivity contribution is 7.80. The van der Waals surface area contributed by atoms with Crippen LogP contribution in [-0.4, -0.2) is 40.0 Å². The Morgan fingerprint density at radius 1 is 1.19 bits per heavy atom. The van der Waals surface area contributed by atoms with Crippen molar-refractivity contribution in [2.45, 2.75) is 34.2 Å². The highest BCUT2D eigenvalue weighted by atomic mass is 32.1. The predicted molar refractivity (Wildman–Crippen MR) is 109 cm³/mol. The Kier molecular flexibility index (Phi) is 7.31. The zero-order valence-electron chi connectivity index (χ0n) is 15.6. The maximum atomic E-state index is 12.4. The second-order valence-corrected chi connectivity index (χ2v) is 6.77. The molecule has 0 bridgehead atoms. The van der Waals surface area contributed by atoms with Gasteiger partial charge >= 0.3 is 11.9 Å². The van der Waals surface area contributed by atoms with Crippen LogP contribution in [0.3, 0.4) is 0 Å². The van der Waals surface area contributed by atoms with Gasteiger partial charge in [0.2, 0.25) is 0 Å². The standard InChI is InChI=1S/C17H22N4O4S2/c1-5-21-9-8-11(20-21)18-17(26)19-14-12(15(22)24-6-2)10(4)13(27-14)16(23)25-7-3/h8-9H,5-7H2,1-4H3,(H2,18,19,20,26). The van der Waals surface area contributed by atoms with Crippen molar-refractivity contribution in [1.29, 1.82) is 0 Å². The van der Waals surface area contributed by atoms with E-state index in [1.54, 1.807) is 31.5 Å². The molecule has 0 aliphatic heterocycles. The number of carbonyl (C=O) groups is 2. The zero-order valence-corrected chi connectivity index (χ0v) is 17.3. The van der Waals surface area contributed by atoms with E-state index in [9.17, 15) is 9.59 Å². The number of thiocarbonyl (C=S) groups is 1. The molecule has 2 heterocycles. The van der Waals surface area contributed by atoms with E-state index in [4.69, 9.17) is 21.7 Å². The molecule has 0 fully saturated rings. The van der Waals surface area contributed by atoms with Gasteiger partial charge in [-0.1, -0.05) is 0 Å². The molecule has 0 saturated heterocycles. The second kappa shape index (κ2) is 9.47. The fourth-order valence-corrected chi connectivity index (χ4v) is 3.66. The van der Waals surface area contributed by atoms with Crippen molar-refractivity contribution >= 4 is 51.4 Å². The number of hydrogen-bond donors (Lipinski definition) is 2. The van der Waals surface area contributed by atoms with Crippen LogP contribution in [0.15, 0.2) is 12.3 Å². The van der Waals surface area contributed by atoms with Crippen molar-refractivity contribution in [1.82, 2.24) is 9.78 Å². The first-order valence-electron chi connectivity index (χ1n) is 8.50. The number of thiophene rings is 1. The Morgan fingerprint density at radius 3 is 2.44 bits per heavy atom. The molecule has 0 aliphatic rings. The Bertz CT molecular complexity index is 844. The van der Waals surface area contributed by atoms with Crippen molar-refractivity contribution in [3.63, 3.8) is 0 Å². The number of nitrogens with zero attached hydrogens (tertiary/aromatic N) is 2. The summed E-state index contributed by atoms with van der Waals surface area (Å²) >= 11 is 6.41. The maximum Gasteiger partial charge on any atom is 0.348 e. The lowest BCUT2D eigenvalue weighted by Crippen LogP contribution is -2.20. The smallest absolute Gasteiger partial charge is 0.348 e. The van der Waals surface area contributed by atoms with Crippen LogP contribution in [0, 0.1) is 6.92 Å². The Morgan fingerprint density at radius 2 is 1.85 bits per heavy atom. The van der Waals surface area contributed by atoms with E-state index < -0.39 is 11.9 Å². The van der Waals surface area contributed by atoms with Gasteiger partial charge in [0.25, 0.3) is 0 Å². The highest BCUT2D eigenvalue weighted by Crippen LogP contribution is 2.34. The van der Waals surface area contributed by atoms with Crippen molar-refractivity contribution in [3.05, 3.63) is 28.3 Å². The summed E-state index contributed by atoms with van der Waals surface area (Å²) in [5.74, 6) is -0.438. The molecular weight excluding hydrogens is 388 g/mol. The van der Waals surface area contributed by atoms with Crippen molar-refractivity contribution < 1.29 is 19.1 Å². The lowest BCUT2D eigenvalue weighted by atomic mass is 10.1. The molecule has 8 nitrogen and oxygen atoms in total. The summed E-state index contributed by atoms with van der Waals surface area (Å²) in [5.41, 5.74) is 0.769. The normalized spacial score (nSPS) is 10.4. The van der Waals surface area contributed by atoms with E-state index in [-0.39, 0.29) is 23.9 Å². The summed E-state index contributed by atoms with van der Waals surface area (Å²) < 4.78 is 11.9. The fourth-order valence-electron chi connectivity index (χ4n) is 2.30. The zero-order chi connectivity index (χ0) is 20.0. The molecule has 10 heteroatoms. The number of carbonyl (C=O) groups excluding carboxylic acids is 2. The van der Waals surface area contributed by atoms with Crippen molar-refractivity contribution in [3.8, 4) is 0 Å². The lowest BCUT2D eigenvalue weighted by molar-refractivity contribution is 0.0527. The molecule has 0 radical (unpaired) electrons. The van der Waals surface area contributed by atoms with Gasteiger partial charge < -0.3 is 20.1 Å². The molecule has 2 rings (SSSR count). The third-order valence-corrected chi connectivity index (χ3v) is 4.91. The van der Waals surface area contributed by atoms with E-state index in [0.717, 1.165) is 17.9 Å². The van der Waals surface area contributed by atoms with Gasteiger partial charge in [0, 0.05) is 18.8 Å². The van der Waals surface area contributed by atoms with Crippen LogP contribution < -0.4 is 10.6 Å². The van der Waals surface area contributed by atoms with E-state index in [2.05, 4.69) is 15.7 Å². The maximum absolute atomic E-state index is 12.4. The monoisotopic (exact) mass is 410 g/mol. The summed E-state index contributed by atoms with van der Waals surface area (Å²) in [6.07, 6.45) is 1.82. The number of rotatable bonds is 7. The van der Waals surface area contributed by atoms with E-state index in [0.29, 0.717) is 21.3 Å². The Labute approximate surface area is 166 Å². The van der Waals surface area contributed by atoms with Gasteiger partial charge in [-0.05, 0) is 45.5 Å². The molecule has 0 aliphatic carbocycles. The summed E-state index contributed by atoms with van der Waals surface area (Å²) in [5, 5.41) is 10.9. The minimum atomic E-state index is -0.526. The molecule has 0 unspecified atom stereocenters. The summed E-state index contributed by atoms with van der Waals surface area (Å²) in [6, 6.07) is 1.79. The van der Waals surface area contributed by atoms with E-state index in [1.165, 1.54) is 0 Å². The van der Waals surface area contributed by atoms with Crippen molar-refractivity contribution in [2.75, 3.05) is 23.8 Å². The predicted octanol–water partition coefficient (Wildman–Crippen LogP) is 3.44. The lowest BCUT2D eigenvalue weighted by Gasteiger charge is -2.09. The minimum absolute atomic E-state index is 0.222. The van der Waals surface area contributed by atoms with Crippen molar-refractivity contribution in [2.24, 2.45) is 0 Å². The van der Waals surface area contributed by atoms with Gasteiger partial charge in [-0.3, -0.25) is 4.68 Å². The molecule has 146 valence electrons. The van der Waals surface area contributed by atoms with Crippen LogP contribution in [0.5, 0.6) is 0 Å². The third kappa shape index (κ3) is 5.04. The number of esters is 2. The molecule has 0 spiro atoms. The molecule has 27 heavy (non-hydrogen) atoms. The van der Waals surface area contributed by atoms with Crippen LogP contribution in [0.2, 0.25) is 0 Å². The quantitative estimate of drug-likeness (QED) is 0.530. The molecule has 2 aromatic rings. The number of hydrogen-bond acceptors (Lipinski definition) is 7. The van der Waals surface area contributed by atoms with Gasteiger partial charge in [-0.15, -0.1) is 11.3 Å². The molecule has 0 atom stereocenters. The molecule has 2 aromatic heterocycles. The van der Waals surface area contributed by atoms with Gasteiger partial charge in [0.05, 0.1) is 18.8 Å². The molecule has 0 amide bonds. The second-order valence-electron chi connectivity index (χ2n) is 5.34. The number of anilines is 2. The van der Waals surface area contributed by atoms with Gasteiger partial charge in [-0.25, -0.2) is 9.59 Å². The molecular formula is C17H22N4O4S2. The van der Waals surface area contributed by atoms with Crippen LogP contribution in [0.25, 0.3) is 0 Å². The molecule has 0 aromatic carbocycles. The summed E-state index contributed by atoms with van der Waals surface area (Å²) in [7, 11) is 0. The average Bonchev–Trinajstić information content (AvgIpc) is 3.19. The van der Waals surface area contributed by atoms with Crippen LogP contribution in [0.1, 0.15) is 46.4 Å². The third-order valence-electron chi connectivity index (χ3n) is 3.52. The highest BCUT2D eigenvalue weighted by Gasteiger charge is 2.26. The number of aryl methyl sites for hydroxylation is 1. The largest absolute Gasteiger partial charge is 0.462 e. The van der Waals surface area contributed by atoms with E-state index in [1.807, 2.05) is 13.1 Å². The van der Waals surface area contributed by atoms with Gasteiger partial charge in [0.1, 0.15) is 9.88 Å².